The zero-order valence-corrected chi connectivity index (χ0v) is 13.8. The summed E-state index contributed by atoms with van der Waals surface area (Å²) in [6.45, 7) is 3.31. The number of fused-ring (bicyclic) bond motifs is 1. The standard InChI is InChI=1S/C20H17NO4/c1-2-23-16-8-6-14(7-9-16)12-15(13-21)19(22)17-4-3-5-18-20(17)25-11-10-24-18/h3-9,12H,2,10-11H2,1H3/b15-12+. The Morgan fingerprint density at radius 3 is 2.68 bits per heavy atom. The van der Waals surface area contributed by atoms with Gasteiger partial charge in [-0.05, 0) is 42.8 Å². The molecule has 0 aromatic heterocycles. The lowest BCUT2D eigenvalue weighted by Gasteiger charge is -2.20. The molecule has 3 rings (SSSR count). The summed E-state index contributed by atoms with van der Waals surface area (Å²) in [7, 11) is 0. The van der Waals surface area contributed by atoms with Crippen molar-refractivity contribution in [1.29, 1.82) is 5.26 Å². The third-order valence-corrected chi connectivity index (χ3v) is 3.68. The molecule has 2 aromatic rings. The van der Waals surface area contributed by atoms with Crippen LogP contribution in [-0.2, 0) is 0 Å². The first-order valence-corrected chi connectivity index (χ1v) is 8.01. The largest absolute Gasteiger partial charge is 0.494 e. The summed E-state index contributed by atoms with van der Waals surface area (Å²) in [5, 5.41) is 9.43. The van der Waals surface area contributed by atoms with Gasteiger partial charge in [0.1, 0.15) is 30.6 Å². The summed E-state index contributed by atoms with van der Waals surface area (Å²) < 4.78 is 16.4. The molecule has 5 heteroatoms. The average Bonchev–Trinajstić information content (AvgIpc) is 2.66. The van der Waals surface area contributed by atoms with Gasteiger partial charge in [0.05, 0.1) is 12.2 Å². The van der Waals surface area contributed by atoms with Crippen LogP contribution in [0.1, 0.15) is 22.8 Å². The molecule has 0 bridgehead atoms. The summed E-state index contributed by atoms with van der Waals surface area (Å²) in [4.78, 5) is 12.8. The van der Waals surface area contributed by atoms with Crippen LogP contribution in [-0.4, -0.2) is 25.6 Å². The average molecular weight is 335 g/mol. The minimum atomic E-state index is -0.390. The Bertz CT molecular complexity index is 847. The molecule has 1 aliphatic heterocycles. The number of ketones is 1. The number of rotatable bonds is 5. The number of nitrogens with zero attached hydrogens (tertiary/aromatic N) is 1. The molecule has 0 amide bonds. The highest BCUT2D eigenvalue weighted by Crippen LogP contribution is 2.35. The van der Waals surface area contributed by atoms with Gasteiger partial charge >= 0.3 is 0 Å². The monoisotopic (exact) mass is 335 g/mol. The van der Waals surface area contributed by atoms with Crippen LogP contribution in [0.5, 0.6) is 17.2 Å². The Kier molecular flexibility index (Phi) is 5.00. The first kappa shape index (κ1) is 16.6. The zero-order valence-electron chi connectivity index (χ0n) is 13.8. The van der Waals surface area contributed by atoms with Crippen LogP contribution in [0, 0.1) is 11.3 Å². The van der Waals surface area contributed by atoms with Gasteiger partial charge in [-0.2, -0.15) is 5.26 Å². The molecule has 0 aliphatic carbocycles. The fourth-order valence-corrected chi connectivity index (χ4v) is 2.54. The van der Waals surface area contributed by atoms with Crippen LogP contribution in [0.4, 0.5) is 0 Å². The lowest BCUT2D eigenvalue weighted by molar-refractivity contribution is 0.102. The molecule has 126 valence electrons. The fraction of sp³-hybridized carbons (Fsp3) is 0.200. The number of hydrogen-bond acceptors (Lipinski definition) is 5. The third-order valence-electron chi connectivity index (χ3n) is 3.68. The van der Waals surface area contributed by atoms with E-state index < -0.39 is 5.78 Å². The second-order valence-electron chi connectivity index (χ2n) is 5.33. The van der Waals surface area contributed by atoms with Crippen LogP contribution in [0.15, 0.2) is 48.0 Å². The van der Waals surface area contributed by atoms with Gasteiger partial charge in [0.15, 0.2) is 11.5 Å². The number of nitriles is 1. The lowest BCUT2D eigenvalue weighted by Crippen LogP contribution is -2.18. The van der Waals surface area contributed by atoms with Crippen molar-refractivity contribution in [3.63, 3.8) is 0 Å². The Morgan fingerprint density at radius 1 is 1.20 bits per heavy atom. The summed E-state index contributed by atoms with van der Waals surface area (Å²) in [5.41, 5.74) is 1.11. The molecular formula is C20H17NO4. The minimum Gasteiger partial charge on any atom is -0.494 e. The van der Waals surface area contributed by atoms with E-state index in [1.54, 1.807) is 48.5 Å². The number of allylic oxidation sites excluding steroid dienone is 1. The molecule has 0 fully saturated rings. The van der Waals surface area contributed by atoms with Gasteiger partial charge in [0.2, 0.25) is 5.78 Å². The van der Waals surface area contributed by atoms with Gasteiger partial charge in [-0.1, -0.05) is 18.2 Å². The van der Waals surface area contributed by atoms with Crippen molar-refractivity contribution >= 4 is 11.9 Å². The second-order valence-corrected chi connectivity index (χ2v) is 5.33. The maximum atomic E-state index is 12.8. The number of ether oxygens (including phenoxy) is 3. The molecular weight excluding hydrogens is 318 g/mol. The summed E-state index contributed by atoms with van der Waals surface area (Å²) >= 11 is 0. The zero-order chi connectivity index (χ0) is 17.6. The topological polar surface area (TPSA) is 68.5 Å². The van der Waals surface area contributed by atoms with Gasteiger partial charge in [0.25, 0.3) is 0 Å². The van der Waals surface area contributed by atoms with Crippen molar-refractivity contribution in [3.05, 3.63) is 59.2 Å². The van der Waals surface area contributed by atoms with Gasteiger partial charge in [0, 0.05) is 0 Å². The van der Waals surface area contributed by atoms with E-state index in [2.05, 4.69) is 0 Å². The number of para-hydroxylation sites is 1. The first-order valence-electron chi connectivity index (χ1n) is 8.01. The maximum Gasteiger partial charge on any atom is 0.207 e. The molecule has 0 saturated heterocycles. The molecule has 0 N–H and O–H groups in total. The predicted molar refractivity (Wildman–Crippen MR) is 93.0 cm³/mol. The van der Waals surface area contributed by atoms with Crippen molar-refractivity contribution in [2.75, 3.05) is 19.8 Å². The molecule has 0 radical (unpaired) electrons. The molecule has 1 heterocycles. The predicted octanol–water partition coefficient (Wildman–Crippen LogP) is 3.65. The Balaban J connectivity index is 1.91. The first-order chi connectivity index (χ1) is 12.2. The van der Waals surface area contributed by atoms with Crippen molar-refractivity contribution in [1.82, 2.24) is 0 Å². The van der Waals surface area contributed by atoms with Crippen LogP contribution < -0.4 is 14.2 Å². The van der Waals surface area contributed by atoms with Crippen molar-refractivity contribution < 1.29 is 19.0 Å². The normalized spacial score (nSPS) is 13.0. The van der Waals surface area contributed by atoms with Gasteiger partial charge in [-0.25, -0.2) is 0 Å². The van der Waals surface area contributed by atoms with Crippen molar-refractivity contribution in [3.8, 4) is 23.3 Å². The molecule has 0 atom stereocenters. The quantitative estimate of drug-likeness (QED) is 0.474. The van der Waals surface area contributed by atoms with Crippen molar-refractivity contribution in [2.24, 2.45) is 0 Å². The molecule has 2 aromatic carbocycles. The van der Waals surface area contributed by atoms with E-state index in [0.29, 0.717) is 36.9 Å². The Hall–Kier alpha value is -3.26. The molecule has 0 saturated carbocycles. The molecule has 0 unspecified atom stereocenters. The number of hydrogen-bond donors (Lipinski definition) is 0. The number of carbonyl (C=O) groups is 1. The third kappa shape index (κ3) is 3.64. The fourth-order valence-electron chi connectivity index (χ4n) is 2.54. The van der Waals surface area contributed by atoms with Crippen LogP contribution in [0.25, 0.3) is 6.08 Å². The molecule has 25 heavy (non-hydrogen) atoms. The molecule has 0 spiro atoms. The van der Waals surface area contributed by atoms with E-state index in [-0.39, 0.29) is 5.57 Å². The van der Waals surface area contributed by atoms with E-state index in [1.807, 2.05) is 13.0 Å². The van der Waals surface area contributed by atoms with Gasteiger partial charge < -0.3 is 14.2 Å². The van der Waals surface area contributed by atoms with E-state index in [0.717, 1.165) is 11.3 Å². The molecule has 5 nitrogen and oxygen atoms in total. The summed E-state index contributed by atoms with van der Waals surface area (Å²) in [6, 6.07) is 14.3. The van der Waals surface area contributed by atoms with Gasteiger partial charge in [-0.3, -0.25) is 4.79 Å². The highest BCUT2D eigenvalue weighted by molar-refractivity contribution is 6.15. The minimum absolute atomic E-state index is 0.0340. The number of benzene rings is 2. The van der Waals surface area contributed by atoms with Gasteiger partial charge in [-0.15, -0.1) is 0 Å². The van der Waals surface area contributed by atoms with E-state index in [9.17, 15) is 10.1 Å². The summed E-state index contributed by atoms with van der Waals surface area (Å²) in [5.74, 6) is 1.27. The lowest BCUT2D eigenvalue weighted by atomic mass is 10.0. The Morgan fingerprint density at radius 2 is 1.96 bits per heavy atom. The van der Waals surface area contributed by atoms with Crippen molar-refractivity contribution in [2.45, 2.75) is 6.92 Å². The second kappa shape index (κ2) is 7.54. The van der Waals surface area contributed by atoms with E-state index >= 15 is 0 Å². The van der Waals surface area contributed by atoms with Crippen LogP contribution in [0.3, 0.4) is 0 Å². The maximum absolute atomic E-state index is 12.8. The highest BCUT2D eigenvalue weighted by Gasteiger charge is 2.22. The smallest absolute Gasteiger partial charge is 0.207 e. The highest BCUT2D eigenvalue weighted by atomic mass is 16.6. The van der Waals surface area contributed by atoms with Crippen LogP contribution in [0.2, 0.25) is 0 Å². The molecule has 1 aliphatic rings. The van der Waals surface area contributed by atoms with E-state index in [4.69, 9.17) is 14.2 Å². The van der Waals surface area contributed by atoms with Crippen LogP contribution >= 0.6 is 0 Å². The van der Waals surface area contributed by atoms with E-state index in [1.165, 1.54) is 0 Å². The number of carbonyl (C=O) groups excluding carboxylic acids is 1. The SMILES string of the molecule is CCOc1ccc(/C=C(\C#N)C(=O)c2cccc3c2OCCO3)cc1. The number of Topliss-reactive ketones (excluding diaryl/α,β-unsaturated/α-hetero) is 1. The Labute approximate surface area is 146 Å². The summed E-state index contributed by atoms with van der Waals surface area (Å²) in [6.07, 6.45) is 1.56.